The van der Waals surface area contributed by atoms with Crippen molar-refractivity contribution in [2.75, 3.05) is 12.8 Å². The standard InChI is InChI=1S/C15H24N2S.C10H12F2/c1-11(15(16-2)10-18-3)8-12-4-5-14-9-13(12)6-7-17-14;1-3-8-5-4-6-9(7-8)10(2,11)12/h10,12-14,17H,1-2,4-9H2,3H3;4-7H,3H2,1-2H3/b15-10-;. The van der Waals surface area contributed by atoms with E-state index < -0.39 is 5.92 Å². The van der Waals surface area contributed by atoms with Gasteiger partial charge in [-0.25, -0.2) is 8.78 Å². The molecule has 1 aliphatic carbocycles. The zero-order chi connectivity index (χ0) is 22.1. The van der Waals surface area contributed by atoms with Crippen LogP contribution >= 0.6 is 11.8 Å². The summed E-state index contributed by atoms with van der Waals surface area (Å²) in [6.45, 7) is 11.9. The molecule has 166 valence electrons. The van der Waals surface area contributed by atoms with Crippen molar-refractivity contribution < 1.29 is 8.78 Å². The molecule has 3 atom stereocenters. The van der Waals surface area contributed by atoms with Crippen LogP contribution in [-0.4, -0.2) is 25.6 Å². The number of halogens is 2. The number of nitrogens with zero attached hydrogens (tertiary/aromatic N) is 1. The number of benzene rings is 1. The van der Waals surface area contributed by atoms with Gasteiger partial charge in [-0.05, 0) is 92.5 Å². The van der Waals surface area contributed by atoms with E-state index in [2.05, 4.69) is 35.3 Å². The summed E-state index contributed by atoms with van der Waals surface area (Å²) in [7, 11) is 0. The summed E-state index contributed by atoms with van der Waals surface area (Å²) in [5, 5.41) is 5.67. The zero-order valence-corrected chi connectivity index (χ0v) is 19.4. The highest BCUT2D eigenvalue weighted by Gasteiger charge is 2.33. The fourth-order valence-electron chi connectivity index (χ4n) is 4.44. The fourth-order valence-corrected chi connectivity index (χ4v) is 4.90. The van der Waals surface area contributed by atoms with Gasteiger partial charge in [0.25, 0.3) is 5.92 Å². The lowest BCUT2D eigenvalue weighted by Gasteiger charge is -2.41. The third-order valence-corrected chi connectivity index (χ3v) is 6.66. The van der Waals surface area contributed by atoms with Gasteiger partial charge in [0.2, 0.25) is 0 Å². The summed E-state index contributed by atoms with van der Waals surface area (Å²) in [5.74, 6) is -1.02. The van der Waals surface area contributed by atoms with Crippen molar-refractivity contribution in [2.45, 2.75) is 64.3 Å². The molecule has 3 rings (SSSR count). The lowest BCUT2D eigenvalue weighted by atomic mass is 9.71. The van der Waals surface area contributed by atoms with E-state index in [1.807, 2.05) is 13.0 Å². The Balaban J connectivity index is 0.000000232. The number of nitrogens with one attached hydrogen (secondary N) is 1. The molecule has 2 bridgehead atoms. The first-order chi connectivity index (χ1) is 14.3. The van der Waals surface area contributed by atoms with Gasteiger partial charge in [0, 0.05) is 18.5 Å². The Morgan fingerprint density at radius 1 is 1.33 bits per heavy atom. The molecule has 0 amide bonds. The quantitative estimate of drug-likeness (QED) is 0.370. The summed E-state index contributed by atoms with van der Waals surface area (Å²) in [4.78, 5) is 4.10. The molecule has 2 aliphatic rings. The molecule has 30 heavy (non-hydrogen) atoms. The van der Waals surface area contributed by atoms with Crippen LogP contribution in [0.15, 0.2) is 52.5 Å². The molecule has 1 N–H and O–H groups in total. The van der Waals surface area contributed by atoms with Crippen LogP contribution in [0.3, 0.4) is 0 Å². The molecule has 1 aromatic rings. The normalized spacial score (nSPS) is 23.9. The maximum absolute atomic E-state index is 12.8. The minimum Gasteiger partial charge on any atom is -0.314 e. The summed E-state index contributed by atoms with van der Waals surface area (Å²) >= 11 is 1.68. The Hall–Kier alpha value is -1.46. The zero-order valence-electron chi connectivity index (χ0n) is 18.6. The summed E-state index contributed by atoms with van der Waals surface area (Å²) in [5.41, 5.74) is 3.20. The highest BCUT2D eigenvalue weighted by molar-refractivity contribution is 8.01. The van der Waals surface area contributed by atoms with Crippen molar-refractivity contribution >= 4 is 18.5 Å². The van der Waals surface area contributed by atoms with E-state index in [4.69, 9.17) is 0 Å². The second-order valence-electron chi connectivity index (χ2n) is 8.42. The smallest absolute Gasteiger partial charge is 0.270 e. The highest BCUT2D eigenvalue weighted by Crippen LogP contribution is 2.39. The Morgan fingerprint density at radius 2 is 2.10 bits per heavy atom. The number of thioether (sulfide) groups is 1. The molecule has 2 nitrogen and oxygen atoms in total. The first kappa shape index (κ1) is 24.8. The van der Waals surface area contributed by atoms with E-state index >= 15 is 0 Å². The van der Waals surface area contributed by atoms with E-state index in [1.165, 1.54) is 43.9 Å². The molecule has 2 fully saturated rings. The fraction of sp³-hybridized carbons (Fsp3) is 0.560. The van der Waals surface area contributed by atoms with Gasteiger partial charge in [-0.3, -0.25) is 4.99 Å². The lowest BCUT2D eigenvalue weighted by molar-refractivity contribution is 0.0174. The Bertz CT molecular complexity index is 739. The number of rotatable bonds is 7. The minimum absolute atomic E-state index is 0.0989. The second kappa shape index (κ2) is 11.8. The van der Waals surface area contributed by atoms with Crippen molar-refractivity contribution in [1.82, 2.24) is 5.32 Å². The molecule has 1 aliphatic heterocycles. The number of aryl methyl sites for hydroxylation is 1. The molecule has 0 aromatic heterocycles. The van der Waals surface area contributed by atoms with Crippen LogP contribution in [0.1, 0.15) is 57.1 Å². The number of fused-ring (bicyclic) bond motifs is 2. The molecular weight excluding hydrogens is 398 g/mol. The first-order valence-corrected chi connectivity index (χ1v) is 12.2. The number of allylic oxidation sites excluding steroid dienone is 1. The van der Waals surface area contributed by atoms with Gasteiger partial charge in [0.1, 0.15) is 0 Å². The SMILES string of the molecule is C=N/C(=C\SC)C(=C)CC1CCC2CC1CCN2.CCc1cccc(C(C)(F)F)c1. The molecule has 1 heterocycles. The van der Waals surface area contributed by atoms with Crippen LogP contribution in [0.2, 0.25) is 0 Å². The molecule has 1 saturated heterocycles. The van der Waals surface area contributed by atoms with Crippen LogP contribution in [0.4, 0.5) is 8.78 Å². The Kier molecular flexibility index (Phi) is 9.76. The molecule has 5 heteroatoms. The van der Waals surface area contributed by atoms with Gasteiger partial charge in [-0.15, -0.1) is 11.8 Å². The molecule has 0 radical (unpaired) electrons. The van der Waals surface area contributed by atoms with Gasteiger partial charge in [-0.1, -0.05) is 31.7 Å². The van der Waals surface area contributed by atoms with Gasteiger partial charge in [0.05, 0.1) is 5.70 Å². The summed E-state index contributed by atoms with van der Waals surface area (Å²) < 4.78 is 25.5. The molecule has 1 saturated carbocycles. The van der Waals surface area contributed by atoms with Crippen molar-refractivity contribution in [3.8, 4) is 0 Å². The van der Waals surface area contributed by atoms with Crippen molar-refractivity contribution in [3.05, 3.63) is 58.6 Å². The van der Waals surface area contributed by atoms with Crippen LogP contribution < -0.4 is 5.32 Å². The topological polar surface area (TPSA) is 24.4 Å². The molecule has 3 unspecified atom stereocenters. The third kappa shape index (κ3) is 7.35. The third-order valence-electron chi connectivity index (χ3n) is 6.20. The van der Waals surface area contributed by atoms with Crippen LogP contribution in [0.5, 0.6) is 0 Å². The maximum Gasteiger partial charge on any atom is 0.270 e. The summed E-state index contributed by atoms with van der Waals surface area (Å²) in [6, 6.07) is 7.33. The van der Waals surface area contributed by atoms with E-state index in [0.717, 1.165) is 48.9 Å². The van der Waals surface area contributed by atoms with Crippen LogP contribution in [0.25, 0.3) is 0 Å². The van der Waals surface area contributed by atoms with Crippen LogP contribution in [-0.2, 0) is 12.3 Å². The van der Waals surface area contributed by atoms with Gasteiger partial charge < -0.3 is 5.32 Å². The Morgan fingerprint density at radius 3 is 2.73 bits per heavy atom. The largest absolute Gasteiger partial charge is 0.314 e. The number of aliphatic imine (C=N–C) groups is 1. The number of alkyl halides is 2. The average molecular weight is 435 g/mol. The Labute approximate surface area is 185 Å². The average Bonchev–Trinajstić information content (AvgIpc) is 2.74. The predicted molar refractivity (Wildman–Crippen MR) is 128 cm³/mol. The van der Waals surface area contributed by atoms with Gasteiger partial charge >= 0.3 is 0 Å². The van der Waals surface area contributed by atoms with Crippen molar-refractivity contribution in [2.24, 2.45) is 16.8 Å². The second-order valence-corrected chi connectivity index (χ2v) is 9.13. The van der Waals surface area contributed by atoms with Crippen molar-refractivity contribution in [1.29, 1.82) is 0 Å². The van der Waals surface area contributed by atoms with Gasteiger partial charge in [-0.2, -0.15) is 0 Å². The summed E-state index contributed by atoms with van der Waals surface area (Å²) in [6.07, 6.45) is 9.31. The van der Waals surface area contributed by atoms with Gasteiger partial charge in [0.15, 0.2) is 0 Å². The highest BCUT2D eigenvalue weighted by atomic mass is 32.2. The monoisotopic (exact) mass is 434 g/mol. The maximum atomic E-state index is 12.8. The first-order valence-electron chi connectivity index (χ1n) is 10.9. The minimum atomic E-state index is -2.72. The van der Waals surface area contributed by atoms with Crippen molar-refractivity contribution in [3.63, 3.8) is 0 Å². The molecular formula is C25H36F2N2S. The van der Waals surface area contributed by atoms with E-state index in [0.29, 0.717) is 0 Å². The number of hydrogen-bond donors (Lipinski definition) is 1. The predicted octanol–water partition coefficient (Wildman–Crippen LogP) is 6.98. The number of piperidine rings is 1. The van der Waals surface area contributed by atoms with Crippen LogP contribution in [0, 0.1) is 11.8 Å². The lowest BCUT2D eigenvalue weighted by Crippen LogP contribution is -2.44. The van der Waals surface area contributed by atoms with E-state index in [9.17, 15) is 8.78 Å². The molecule has 0 spiro atoms. The van der Waals surface area contributed by atoms with E-state index in [-0.39, 0.29) is 5.56 Å². The molecule has 1 aromatic carbocycles. The van der Waals surface area contributed by atoms with E-state index in [1.54, 1.807) is 23.9 Å². The number of hydrogen-bond acceptors (Lipinski definition) is 3.